The van der Waals surface area contributed by atoms with Gasteiger partial charge in [0.15, 0.2) is 5.78 Å². The first-order chi connectivity index (χ1) is 8.77. The molecule has 19 heavy (non-hydrogen) atoms. The maximum Gasteiger partial charge on any atom is 0.309 e. The van der Waals surface area contributed by atoms with E-state index in [0.717, 1.165) is 6.42 Å². The van der Waals surface area contributed by atoms with Gasteiger partial charge in [0.25, 0.3) is 0 Å². The van der Waals surface area contributed by atoms with Crippen LogP contribution < -0.4 is 0 Å². The van der Waals surface area contributed by atoms with Crippen LogP contribution in [-0.2, 0) is 14.3 Å². The Morgan fingerprint density at radius 3 is 2.74 bits per heavy atom. The quantitative estimate of drug-likeness (QED) is 0.673. The van der Waals surface area contributed by atoms with E-state index < -0.39 is 11.0 Å². The van der Waals surface area contributed by atoms with E-state index in [1.807, 2.05) is 13.8 Å². The van der Waals surface area contributed by atoms with Crippen molar-refractivity contribution in [2.75, 3.05) is 0 Å². The Balaban J connectivity index is 2.07. The summed E-state index contributed by atoms with van der Waals surface area (Å²) in [6.07, 6.45) is 4.21. The molecule has 3 rings (SSSR count). The monoisotopic (exact) mass is 264 g/mol. The van der Waals surface area contributed by atoms with Crippen LogP contribution in [0.15, 0.2) is 12.2 Å². The summed E-state index contributed by atoms with van der Waals surface area (Å²) in [5.41, 5.74) is -1.72. The van der Waals surface area contributed by atoms with Gasteiger partial charge in [-0.3, -0.25) is 9.59 Å². The molecule has 104 valence electrons. The van der Waals surface area contributed by atoms with Crippen molar-refractivity contribution in [1.82, 2.24) is 0 Å². The fraction of sp³-hybridized carbons (Fsp3) is 0.733. The molecular formula is C15H20O4. The summed E-state index contributed by atoms with van der Waals surface area (Å²) in [5.74, 6) is -0.511. The van der Waals surface area contributed by atoms with Crippen molar-refractivity contribution in [2.24, 2.45) is 23.2 Å². The number of aliphatic hydroxyl groups is 1. The van der Waals surface area contributed by atoms with Crippen molar-refractivity contribution < 1.29 is 19.4 Å². The minimum atomic E-state index is -1.10. The van der Waals surface area contributed by atoms with Crippen LogP contribution in [0.2, 0.25) is 0 Å². The fourth-order valence-electron chi connectivity index (χ4n) is 4.29. The zero-order valence-electron chi connectivity index (χ0n) is 11.6. The van der Waals surface area contributed by atoms with Gasteiger partial charge in [0.05, 0.1) is 11.5 Å². The third kappa shape index (κ3) is 1.55. The van der Waals surface area contributed by atoms with Gasteiger partial charge in [-0.2, -0.15) is 0 Å². The fourth-order valence-corrected chi connectivity index (χ4v) is 4.29. The number of ether oxygens (including phenoxy) is 1. The molecule has 0 spiro atoms. The SMILES string of the molecule is C[C@@H]1C(=O)O[C@@H]2[C@H]1CC[C@@]1(C)C(=O)C=C[C@](C)(O)[C@H]21. The molecule has 0 aromatic rings. The van der Waals surface area contributed by atoms with Crippen molar-refractivity contribution in [2.45, 2.75) is 45.3 Å². The highest BCUT2D eigenvalue weighted by atomic mass is 16.6. The van der Waals surface area contributed by atoms with Gasteiger partial charge in [-0.15, -0.1) is 0 Å². The molecule has 6 atom stereocenters. The molecule has 4 heteroatoms. The van der Waals surface area contributed by atoms with E-state index in [1.165, 1.54) is 6.08 Å². The highest BCUT2D eigenvalue weighted by Crippen LogP contribution is 2.56. The Hall–Kier alpha value is -1.16. The number of allylic oxidation sites excluding steroid dienone is 1. The molecule has 1 aliphatic heterocycles. The number of carbonyl (C=O) groups is 2. The van der Waals surface area contributed by atoms with E-state index in [9.17, 15) is 14.7 Å². The Kier molecular flexibility index (Phi) is 2.50. The Morgan fingerprint density at radius 2 is 2.05 bits per heavy atom. The average molecular weight is 264 g/mol. The van der Waals surface area contributed by atoms with Crippen LogP contribution in [0.4, 0.5) is 0 Å². The molecule has 1 heterocycles. The van der Waals surface area contributed by atoms with Gasteiger partial charge in [-0.05, 0) is 31.9 Å². The lowest BCUT2D eigenvalue weighted by Crippen LogP contribution is -2.59. The Labute approximate surface area is 112 Å². The molecule has 4 nitrogen and oxygen atoms in total. The minimum absolute atomic E-state index is 0.0399. The minimum Gasteiger partial charge on any atom is -0.461 e. The van der Waals surface area contributed by atoms with Gasteiger partial charge in [-0.25, -0.2) is 0 Å². The van der Waals surface area contributed by atoms with Crippen LogP contribution >= 0.6 is 0 Å². The van der Waals surface area contributed by atoms with E-state index in [1.54, 1.807) is 13.0 Å². The van der Waals surface area contributed by atoms with Crippen molar-refractivity contribution in [1.29, 1.82) is 0 Å². The zero-order chi connectivity index (χ0) is 14.0. The molecule has 1 saturated carbocycles. The number of carbonyl (C=O) groups excluding carboxylic acids is 2. The summed E-state index contributed by atoms with van der Waals surface area (Å²) in [6.45, 7) is 5.48. The summed E-state index contributed by atoms with van der Waals surface area (Å²) in [5, 5.41) is 10.6. The van der Waals surface area contributed by atoms with Crippen molar-refractivity contribution >= 4 is 11.8 Å². The Morgan fingerprint density at radius 1 is 1.37 bits per heavy atom. The topological polar surface area (TPSA) is 63.6 Å². The summed E-state index contributed by atoms with van der Waals surface area (Å²) in [6, 6.07) is 0. The number of rotatable bonds is 0. The van der Waals surface area contributed by atoms with Gasteiger partial charge in [-0.1, -0.05) is 13.8 Å². The van der Waals surface area contributed by atoms with Crippen molar-refractivity contribution in [3.05, 3.63) is 12.2 Å². The number of esters is 1. The summed E-state index contributed by atoms with van der Waals surface area (Å²) in [4.78, 5) is 24.1. The van der Waals surface area contributed by atoms with E-state index in [4.69, 9.17) is 4.74 Å². The Bertz CT molecular complexity index is 479. The van der Waals surface area contributed by atoms with Gasteiger partial charge >= 0.3 is 5.97 Å². The molecule has 0 radical (unpaired) electrons. The van der Waals surface area contributed by atoms with Crippen molar-refractivity contribution in [3.63, 3.8) is 0 Å². The zero-order valence-corrected chi connectivity index (χ0v) is 11.6. The maximum atomic E-state index is 12.3. The number of hydrogen-bond donors (Lipinski definition) is 1. The van der Waals surface area contributed by atoms with Crippen LogP contribution in [0.3, 0.4) is 0 Å². The second-order valence-electron chi connectivity index (χ2n) is 6.71. The maximum absolute atomic E-state index is 12.3. The van der Waals surface area contributed by atoms with Gasteiger partial charge in [0.1, 0.15) is 6.10 Å². The van der Waals surface area contributed by atoms with Crippen LogP contribution in [-0.4, -0.2) is 28.6 Å². The number of fused-ring (bicyclic) bond motifs is 3. The molecule has 1 N–H and O–H groups in total. The molecule has 0 aromatic heterocycles. The second-order valence-corrected chi connectivity index (χ2v) is 6.71. The van der Waals surface area contributed by atoms with E-state index in [-0.39, 0.29) is 35.6 Å². The highest BCUT2D eigenvalue weighted by molar-refractivity contribution is 5.96. The average Bonchev–Trinajstić information content (AvgIpc) is 2.60. The van der Waals surface area contributed by atoms with E-state index in [0.29, 0.717) is 6.42 Å². The molecule has 3 aliphatic rings. The van der Waals surface area contributed by atoms with Crippen LogP contribution in [0.1, 0.15) is 33.6 Å². The third-order valence-electron chi connectivity index (χ3n) is 5.46. The molecule has 0 amide bonds. The summed E-state index contributed by atoms with van der Waals surface area (Å²) >= 11 is 0. The molecular weight excluding hydrogens is 244 g/mol. The first kappa shape index (κ1) is 12.9. The number of ketones is 1. The first-order valence-corrected chi connectivity index (χ1v) is 6.94. The third-order valence-corrected chi connectivity index (χ3v) is 5.46. The molecule has 2 fully saturated rings. The van der Waals surface area contributed by atoms with Crippen LogP contribution in [0.25, 0.3) is 0 Å². The van der Waals surface area contributed by atoms with E-state index in [2.05, 4.69) is 0 Å². The molecule has 2 aliphatic carbocycles. The van der Waals surface area contributed by atoms with Crippen LogP contribution in [0.5, 0.6) is 0 Å². The summed E-state index contributed by atoms with van der Waals surface area (Å²) < 4.78 is 5.51. The number of hydrogen-bond acceptors (Lipinski definition) is 4. The molecule has 0 unspecified atom stereocenters. The highest BCUT2D eigenvalue weighted by Gasteiger charge is 2.62. The van der Waals surface area contributed by atoms with Crippen LogP contribution in [0, 0.1) is 23.2 Å². The molecule has 0 aromatic carbocycles. The van der Waals surface area contributed by atoms with Crippen molar-refractivity contribution in [3.8, 4) is 0 Å². The standard InChI is InChI=1S/C15H20O4/c1-8-9-4-6-14(2)10(16)5-7-15(3,18)12(14)11(9)19-13(8)17/h5,7-9,11-12,18H,4,6H2,1-3H3/t8-,9-,11+,12+,14-,15-/m0/s1. The molecule has 0 bridgehead atoms. The largest absolute Gasteiger partial charge is 0.461 e. The normalized spacial score (nSPS) is 52.6. The first-order valence-electron chi connectivity index (χ1n) is 6.94. The van der Waals surface area contributed by atoms with E-state index >= 15 is 0 Å². The van der Waals surface area contributed by atoms with Gasteiger partial charge in [0, 0.05) is 17.3 Å². The predicted octanol–water partition coefficient (Wildman–Crippen LogP) is 1.47. The predicted molar refractivity (Wildman–Crippen MR) is 68.1 cm³/mol. The lowest BCUT2D eigenvalue weighted by molar-refractivity contribution is -0.167. The lowest BCUT2D eigenvalue weighted by atomic mass is 9.53. The molecule has 1 saturated heterocycles. The smallest absolute Gasteiger partial charge is 0.309 e. The summed E-state index contributed by atoms with van der Waals surface area (Å²) in [7, 11) is 0. The van der Waals surface area contributed by atoms with Gasteiger partial charge < -0.3 is 9.84 Å². The van der Waals surface area contributed by atoms with Gasteiger partial charge in [0.2, 0.25) is 0 Å². The second kappa shape index (κ2) is 3.69. The lowest BCUT2D eigenvalue weighted by Gasteiger charge is -2.52.